The summed E-state index contributed by atoms with van der Waals surface area (Å²) in [5.41, 5.74) is 0. The maximum Gasteiger partial charge on any atom is 0.310 e. The Morgan fingerprint density at radius 3 is 2.62 bits per heavy atom. The van der Waals surface area contributed by atoms with Gasteiger partial charge in [-0.25, -0.2) is 13.1 Å². The molecule has 5 nitrogen and oxygen atoms in total. The van der Waals surface area contributed by atoms with Crippen molar-refractivity contribution >= 4 is 27.6 Å². The van der Waals surface area contributed by atoms with Crippen LogP contribution in [-0.2, 0) is 19.6 Å². The van der Waals surface area contributed by atoms with Gasteiger partial charge in [0.1, 0.15) is 0 Å². The Labute approximate surface area is 129 Å². The molecule has 7 heteroatoms. The van der Waals surface area contributed by atoms with E-state index in [1.807, 2.05) is 0 Å². The minimum absolute atomic E-state index is 0.140. The first-order chi connectivity index (χ1) is 9.94. The number of sulfonamides is 1. The van der Waals surface area contributed by atoms with Crippen molar-refractivity contribution < 1.29 is 17.9 Å². The number of benzene rings is 1. The van der Waals surface area contributed by atoms with E-state index < -0.39 is 22.0 Å². The minimum atomic E-state index is -3.66. The molecule has 1 fully saturated rings. The second kappa shape index (κ2) is 6.77. The standard InChI is InChI=1S/C14H18ClNO4S/c1-2-20-14(17)12-4-3-5-13(12)16-21(18,19)11-8-6-10(15)7-9-11/h6-9,12-13,16H,2-5H2,1H3/t12-,13+/m1/s1. The lowest BCUT2D eigenvalue weighted by Gasteiger charge is -2.19. The van der Waals surface area contributed by atoms with Crippen LogP contribution in [0.5, 0.6) is 0 Å². The van der Waals surface area contributed by atoms with Crippen LogP contribution in [0.15, 0.2) is 29.2 Å². The maximum atomic E-state index is 12.3. The first-order valence-electron chi connectivity index (χ1n) is 6.88. The molecule has 21 heavy (non-hydrogen) atoms. The first-order valence-corrected chi connectivity index (χ1v) is 8.74. The number of rotatable bonds is 5. The molecule has 0 spiro atoms. The predicted molar refractivity (Wildman–Crippen MR) is 79.5 cm³/mol. The van der Waals surface area contributed by atoms with Crippen LogP contribution in [0.3, 0.4) is 0 Å². The summed E-state index contributed by atoms with van der Waals surface area (Å²) in [5, 5.41) is 0.471. The summed E-state index contributed by atoms with van der Waals surface area (Å²) >= 11 is 5.76. The molecule has 0 amide bonds. The highest BCUT2D eigenvalue weighted by molar-refractivity contribution is 7.89. The number of hydrogen-bond acceptors (Lipinski definition) is 4. The fraction of sp³-hybridized carbons (Fsp3) is 0.500. The van der Waals surface area contributed by atoms with Gasteiger partial charge >= 0.3 is 5.97 Å². The van der Waals surface area contributed by atoms with Crippen LogP contribution in [0.1, 0.15) is 26.2 Å². The second-order valence-electron chi connectivity index (χ2n) is 4.97. The Bertz CT molecular complexity index is 600. The molecule has 0 saturated heterocycles. The van der Waals surface area contributed by atoms with Crippen molar-refractivity contribution in [3.63, 3.8) is 0 Å². The third-order valence-electron chi connectivity index (χ3n) is 3.54. The number of ether oxygens (including phenoxy) is 1. The molecule has 1 aromatic carbocycles. The summed E-state index contributed by atoms with van der Waals surface area (Å²) in [6, 6.07) is 5.52. The number of halogens is 1. The largest absolute Gasteiger partial charge is 0.466 e. The molecular weight excluding hydrogens is 314 g/mol. The van der Waals surface area contributed by atoms with E-state index in [9.17, 15) is 13.2 Å². The topological polar surface area (TPSA) is 72.5 Å². The number of carbonyl (C=O) groups excluding carboxylic acids is 1. The van der Waals surface area contributed by atoms with Gasteiger partial charge in [-0.2, -0.15) is 0 Å². The van der Waals surface area contributed by atoms with Crippen LogP contribution in [-0.4, -0.2) is 27.0 Å². The summed E-state index contributed by atoms with van der Waals surface area (Å²) in [6.45, 7) is 2.03. The molecule has 1 saturated carbocycles. The third kappa shape index (κ3) is 3.96. The molecule has 2 rings (SSSR count). The SMILES string of the molecule is CCOC(=O)[C@@H]1CCC[C@@H]1NS(=O)(=O)c1ccc(Cl)cc1. The van der Waals surface area contributed by atoms with Gasteiger partial charge < -0.3 is 4.74 Å². The number of esters is 1. The highest BCUT2D eigenvalue weighted by Gasteiger charge is 2.36. The molecule has 1 aliphatic rings. The quantitative estimate of drug-likeness (QED) is 0.841. The van der Waals surface area contributed by atoms with E-state index in [2.05, 4.69) is 4.72 Å². The van der Waals surface area contributed by atoms with E-state index in [0.29, 0.717) is 24.5 Å². The average molecular weight is 332 g/mol. The predicted octanol–water partition coefficient (Wildman–Crippen LogP) is 2.35. The van der Waals surface area contributed by atoms with E-state index in [1.165, 1.54) is 24.3 Å². The van der Waals surface area contributed by atoms with Crippen molar-refractivity contribution in [2.45, 2.75) is 37.1 Å². The second-order valence-corrected chi connectivity index (χ2v) is 7.12. The molecule has 116 valence electrons. The van der Waals surface area contributed by atoms with Crippen LogP contribution >= 0.6 is 11.6 Å². The van der Waals surface area contributed by atoms with E-state index in [-0.39, 0.29) is 10.9 Å². The van der Waals surface area contributed by atoms with Gasteiger partial charge in [-0.05, 0) is 44.0 Å². The first kappa shape index (κ1) is 16.3. The normalized spacial score (nSPS) is 22.2. The molecule has 0 radical (unpaired) electrons. The minimum Gasteiger partial charge on any atom is -0.466 e. The number of carbonyl (C=O) groups is 1. The van der Waals surface area contributed by atoms with Gasteiger partial charge in [0.2, 0.25) is 10.0 Å². The fourth-order valence-electron chi connectivity index (χ4n) is 2.51. The number of hydrogen-bond donors (Lipinski definition) is 1. The van der Waals surface area contributed by atoms with Crippen molar-refractivity contribution in [1.29, 1.82) is 0 Å². The van der Waals surface area contributed by atoms with Gasteiger partial charge in [-0.3, -0.25) is 4.79 Å². The molecule has 0 bridgehead atoms. The molecule has 1 aromatic rings. The molecule has 1 aliphatic carbocycles. The third-order valence-corrected chi connectivity index (χ3v) is 5.29. The summed E-state index contributed by atoms with van der Waals surface area (Å²) in [6.07, 6.45) is 2.08. The van der Waals surface area contributed by atoms with E-state index in [4.69, 9.17) is 16.3 Å². The van der Waals surface area contributed by atoms with Crippen molar-refractivity contribution in [3.8, 4) is 0 Å². The van der Waals surface area contributed by atoms with Crippen molar-refractivity contribution in [2.75, 3.05) is 6.61 Å². The van der Waals surface area contributed by atoms with Crippen molar-refractivity contribution in [1.82, 2.24) is 4.72 Å². The molecule has 1 N–H and O–H groups in total. The van der Waals surface area contributed by atoms with E-state index in [0.717, 1.165) is 6.42 Å². The van der Waals surface area contributed by atoms with Gasteiger partial charge in [0.25, 0.3) is 0 Å². The Morgan fingerprint density at radius 2 is 2.00 bits per heavy atom. The Kier molecular flexibility index (Phi) is 5.24. The van der Waals surface area contributed by atoms with E-state index in [1.54, 1.807) is 6.92 Å². The Morgan fingerprint density at radius 1 is 1.33 bits per heavy atom. The zero-order valence-corrected chi connectivity index (χ0v) is 13.3. The van der Waals surface area contributed by atoms with Gasteiger partial charge in [0.05, 0.1) is 17.4 Å². The summed E-state index contributed by atoms with van der Waals surface area (Å²) in [4.78, 5) is 12.0. The monoisotopic (exact) mass is 331 g/mol. The van der Waals surface area contributed by atoms with Crippen molar-refractivity contribution in [2.24, 2.45) is 5.92 Å². The van der Waals surface area contributed by atoms with Gasteiger partial charge in [-0.15, -0.1) is 0 Å². The van der Waals surface area contributed by atoms with Crippen molar-refractivity contribution in [3.05, 3.63) is 29.3 Å². The summed E-state index contributed by atoms with van der Waals surface area (Å²) < 4.78 is 32.2. The highest BCUT2D eigenvalue weighted by atomic mass is 35.5. The van der Waals surface area contributed by atoms with Crippen LogP contribution in [0.25, 0.3) is 0 Å². The molecule has 0 unspecified atom stereocenters. The summed E-state index contributed by atoms with van der Waals surface area (Å²) in [5.74, 6) is -0.745. The lowest BCUT2D eigenvalue weighted by atomic mass is 10.1. The zero-order valence-electron chi connectivity index (χ0n) is 11.7. The highest BCUT2D eigenvalue weighted by Crippen LogP contribution is 2.28. The van der Waals surface area contributed by atoms with Gasteiger partial charge in [-0.1, -0.05) is 18.0 Å². The Balaban J connectivity index is 2.12. The van der Waals surface area contributed by atoms with E-state index >= 15 is 0 Å². The van der Waals surface area contributed by atoms with Crippen LogP contribution < -0.4 is 4.72 Å². The molecular formula is C14H18ClNO4S. The molecule has 0 aromatic heterocycles. The number of nitrogens with one attached hydrogen (secondary N) is 1. The van der Waals surface area contributed by atoms with Gasteiger partial charge in [0.15, 0.2) is 0 Å². The van der Waals surface area contributed by atoms with Crippen LogP contribution in [0, 0.1) is 5.92 Å². The van der Waals surface area contributed by atoms with Gasteiger partial charge in [0, 0.05) is 11.1 Å². The molecule has 2 atom stereocenters. The van der Waals surface area contributed by atoms with Crippen LogP contribution in [0.4, 0.5) is 0 Å². The summed E-state index contributed by atoms with van der Waals surface area (Å²) in [7, 11) is -3.66. The Hall–Kier alpha value is -1.11. The lowest BCUT2D eigenvalue weighted by Crippen LogP contribution is -2.40. The lowest BCUT2D eigenvalue weighted by molar-refractivity contribution is -0.148. The maximum absolute atomic E-state index is 12.3. The zero-order chi connectivity index (χ0) is 15.5. The molecule has 0 heterocycles. The average Bonchev–Trinajstić information content (AvgIpc) is 2.87. The fourth-order valence-corrected chi connectivity index (χ4v) is 3.95. The van der Waals surface area contributed by atoms with Crippen LogP contribution in [0.2, 0.25) is 5.02 Å². The molecule has 0 aliphatic heterocycles. The smallest absolute Gasteiger partial charge is 0.310 e.